The van der Waals surface area contributed by atoms with Crippen LogP contribution in [0.5, 0.6) is 0 Å². The van der Waals surface area contributed by atoms with Gasteiger partial charge in [-0.1, -0.05) is 20.8 Å². The zero-order chi connectivity index (χ0) is 11.6. The molecular weight excluding hydrogens is 195 g/mol. The van der Waals surface area contributed by atoms with Crippen molar-refractivity contribution in [2.45, 2.75) is 39.9 Å². The number of urea groups is 1. The summed E-state index contributed by atoms with van der Waals surface area (Å²) in [5.41, 5.74) is 0. The van der Waals surface area contributed by atoms with E-state index < -0.39 is 6.17 Å². The maximum absolute atomic E-state index is 13.2. The van der Waals surface area contributed by atoms with E-state index in [0.717, 1.165) is 0 Å². The van der Waals surface area contributed by atoms with E-state index in [4.69, 9.17) is 0 Å². The smallest absolute Gasteiger partial charge is 0.317 e. The average molecular weight is 216 g/mol. The molecule has 3 nitrogen and oxygen atoms in total. The quantitative estimate of drug-likeness (QED) is 0.752. The predicted molar refractivity (Wildman–Crippen MR) is 58.5 cm³/mol. The second-order valence-electron chi connectivity index (χ2n) is 4.88. The minimum Gasteiger partial charge on any atom is -0.335 e. The summed E-state index contributed by atoms with van der Waals surface area (Å²) < 4.78 is 13.2. The fourth-order valence-electron chi connectivity index (χ4n) is 1.55. The van der Waals surface area contributed by atoms with Gasteiger partial charge in [-0.05, 0) is 12.8 Å². The van der Waals surface area contributed by atoms with Crippen LogP contribution in [0.4, 0.5) is 9.18 Å². The van der Waals surface area contributed by atoms with Crippen molar-refractivity contribution in [2.24, 2.45) is 11.8 Å². The molecule has 0 aliphatic carbocycles. The summed E-state index contributed by atoms with van der Waals surface area (Å²) in [4.78, 5) is 13.3. The summed E-state index contributed by atoms with van der Waals surface area (Å²) in [5, 5.41) is 2.88. The van der Waals surface area contributed by atoms with E-state index in [-0.39, 0.29) is 24.5 Å². The topological polar surface area (TPSA) is 32.3 Å². The second kappa shape index (κ2) is 4.81. The Balaban J connectivity index is 2.42. The molecule has 1 fully saturated rings. The number of amides is 2. The Bertz CT molecular complexity index is 223. The lowest BCUT2D eigenvalue weighted by molar-refractivity contribution is 0.198. The zero-order valence-corrected chi connectivity index (χ0v) is 9.96. The molecule has 0 bridgehead atoms. The SMILES string of the molecule is CC(C)[C@@H](C)NC(=O)N1C[C@@H](C)[C@@H](F)C1. The van der Waals surface area contributed by atoms with Crippen LogP contribution in [-0.2, 0) is 0 Å². The molecule has 2 amide bonds. The van der Waals surface area contributed by atoms with Gasteiger partial charge in [-0.2, -0.15) is 0 Å². The van der Waals surface area contributed by atoms with Crippen LogP contribution < -0.4 is 5.32 Å². The average Bonchev–Trinajstić information content (AvgIpc) is 2.46. The first-order chi connectivity index (χ1) is 6.91. The molecule has 0 aromatic carbocycles. The van der Waals surface area contributed by atoms with Gasteiger partial charge in [0.2, 0.25) is 0 Å². The Kier molecular flexibility index (Phi) is 3.94. The van der Waals surface area contributed by atoms with Crippen LogP contribution in [0, 0.1) is 11.8 Å². The number of carbonyl (C=O) groups excluding carboxylic acids is 1. The summed E-state index contributed by atoms with van der Waals surface area (Å²) in [6, 6.07) is -0.00494. The van der Waals surface area contributed by atoms with Crippen molar-refractivity contribution < 1.29 is 9.18 Å². The molecule has 1 aliphatic rings. The van der Waals surface area contributed by atoms with E-state index in [1.165, 1.54) is 0 Å². The van der Waals surface area contributed by atoms with Gasteiger partial charge in [-0.15, -0.1) is 0 Å². The molecule has 88 valence electrons. The second-order valence-corrected chi connectivity index (χ2v) is 4.88. The Morgan fingerprint density at radius 1 is 1.40 bits per heavy atom. The highest BCUT2D eigenvalue weighted by atomic mass is 19.1. The van der Waals surface area contributed by atoms with Gasteiger partial charge in [0.15, 0.2) is 0 Å². The first-order valence-electron chi connectivity index (χ1n) is 5.61. The van der Waals surface area contributed by atoms with Crippen LogP contribution in [0.1, 0.15) is 27.7 Å². The van der Waals surface area contributed by atoms with Gasteiger partial charge >= 0.3 is 6.03 Å². The molecule has 1 rings (SSSR count). The lowest BCUT2D eigenvalue weighted by atomic mass is 10.1. The number of rotatable bonds is 2. The van der Waals surface area contributed by atoms with Gasteiger partial charge in [-0.3, -0.25) is 0 Å². The predicted octanol–water partition coefficient (Wildman–Crippen LogP) is 2.03. The molecule has 1 aliphatic heterocycles. The molecule has 1 N–H and O–H groups in total. The van der Waals surface area contributed by atoms with Crippen molar-refractivity contribution in [2.75, 3.05) is 13.1 Å². The third-order valence-electron chi connectivity index (χ3n) is 3.16. The van der Waals surface area contributed by atoms with Crippen LogP contribution in [0.15, 0.2) is 0 Å². The van der Waals surface area contributed by atoms with Crippen molar-refractivity contribution >= 4 is 6.03 Å². The first kappa shape index (κ1) is 12.3. The Labute approximate surface area is 91.0 Å². The van der Waals surface area contributed by atoms with Gasteiger partial charge in [0.25, 0.3) is 0 Å². The van der Waals surface area contributed by atoms with Gasteiger partial charge in [0.05, 0.1) is 6.54 Å². The lowest BCUT2D eigenvalue weighted by Gasteiger charge is -2.22. The summed E-state index contributed by atoms with van der Waals surface area (Å²) in [7, 11) is 0. The first-order valence-corrected chi connectivity index (χ1v) is 5.61. The van der Waals surface area contributed by atoms with Crippen LogP contribution in [0.2, 0.25) is 0 Å². The summed E-state index contributed by atoms with van der Waals surface area (Å²) >= 11 is 0. The van der Waals surface area contributed by atoms with E-state index in [2.05, 4.69) is 19.2 Å². The number of hydrogen-bond donors (Lipinski definition) is 1. The van der Waals surface area contributed by atoms with Crippen molar-refractivity contribution in [1.82, 2.24) is 10.2 Å². The normalized spacial score (nSPS) is 28.3. The van der Waals surface area contributed by atoms with E-state index in [9.17, 15) is 9.18 Å². The molecule has 0 spiro atoms. The molecule has 15 heavy (non-hydrogen) atoms. The standard InChI is InChI=1S/C11H21FN2O/c1-7(2)9(4)13-11(15)14-5-8(3)10(12)6-14/h7-10H,5-6H2,1-4H3,(H,13,15)/t8-,9-,10+/m1/s1. The van der Waals surface area contributed by atoms with E-state index in [1.807, 2.05) is 13.8 Å². The molecule has 0 unspecified atom stereocenters. The number of carbonyl (C=O) groups is 1. The number of hydrogen-bond acceptors (Lipinski definition) is 1. The molecule has 3 atom stereocenters. The van der Waals surface area contributed by atoms with E-state index >= 15 is 0 Å². The van der Waals surface area contributed by atoms with Gasteiger partial charge < -0.3 is 10.2 Å². The molecule has 1 saturated heterocycles. The number of nitrogens with one attached hydrogen (secondary N) is 1. The number of likely N-dealkylation sites (tertiary alicyclic amines) is 1. The van der Waals surface area contributed by atoms with E-state index in [1.54, 1.807) is 4.90 Å². The minimum atomic E-state index is -0.870. The van der Waals surface area contributed by atoms with Crippen molar-refractivity contribution in [3.63, 3.8) is 0 Å². The van der Waals surface area contributed by atoms with Crippen LogP contribution in [0.25, 0.3) is 0 Å². The molecular formula is C11H21FN2O. The summed E-state index contributed by atoms with van der Waals surface area (Å²) in [6.07, 6.45) is -0.870. The third-order valence-corrected chi connectivity index (χ3v) is 3.16. The highest BCUT2D eigenvalue weighted by Crippen LogP contribution is 2.19. The minimum absolute atomic E-state index is 0.0369. The van der Waals surface area contributed by atoms with Crippen LogP contribution in [0.3, 0.4) is 0 Å². The van der Waals surface area contributed by atoms with Crippen LogP contribution >= 0.6 is 0 Å². The zero-order valence-electron chi connectivity index (χ0n) is 9.96. The van der Waals surface area contributed by atoms with Gasteiger partial charge in [0, 0.05) is 18.5 Å². The number of nitrogens with zero attached hydrogens (tertiary/aromatic N) is 1. The van der Waals surface area contributed by atoms with Crippen molar-refractivity contribution in [3.8, 4) is 0 Å². The number of halogens is 1. The summed E-state index contributed by atoms with van der Waals surface area (Å²) in [6.45, 7) is 8.67. The molecule has 1 heterocycles. The lowest BCUT2D eigenvalue weighted by Crippen LogP contribution is -2.44. The monoisotopic (exact) mass is 216 g/mol. The summed E-state index contributed by atoms with van der Waals surface area (Å²) in [5.74, 6) is 0.361. The van der Waals surface area contributed by atoms with Gasteiger partial charge in [-0.25, -0.2) is 9.18 Å². The largest absolute Gasteiger partial charge is 0.335 e. The molecule has 0 aromatic heterocycles. The highest BCUT2D eigenvalue weighted by molar-refractivity contribution is 5.74. The maximum atomic E-state index is 13.2. The van der Waals surface area contributed by atoms with Gasteiger partial charge in [0.1, 0.15) is 6.17 Å². The molecule has 0 saturated carbocycles. The highest BCUT2D eigenvalue weighted by Gasteiger charge is 2.32. The Hall–Kier alpha value is -0.800. The van der Waals surface area contributed by atoms with Crippen molar-refractivity contribution in [3.05, 3.63) is 0 Å². The van der Waals surface area contributed by atoms with Crippen molar-refractivity contribution in [1.29, 1.82) is 0 Å². The molecule has 0 aromatic rings. The van der Waals surface area contributed by atoms with Crippen LogP contribution in [-0.4, -0.2) is 36.2 Å². The molecule has 4 heteroatoms. The Morgan fingerprint density at radius 2 is 2.00 bits per heavy atom. The van der Waals surface area contributed by atoms with E-state index in [0.29, 0.717) is 12.5 Å². The third kappa shape index (κ3) is 3.08. The maximum Gasteiger partial charge on any atom is 0.317 e. The molecule has 0 radical (unpaired) electrons. The Morgan fingerprint density at radius 3 is 2.40 bits per heavy atom. The fourth-order valence-corrected chi connectivity index (χ4v) is 1.55. The fraction of sp³-hybridized carbons (Fsp3) is 0.909. The number of alkyl halides is 1.